The van der Waals surface area contributed by atoms with Crippen LogP contribution >= 0.6 is 0 Å². The molecule has 0 aliphatic rings. The highest BCUT2D eigenvalue weighted by Crippen LogP contribution is 2.31. The Bertz CT molecular complexity index is 1470. The number of sulfone groups is 1. The molecule has 0 spiro atoms. The highest BCUT2D eigenvalue weighted by molar-refractivity contribution is 7.90. The monoisotopic (exact) mass is 594 g/mol. The summed E-state index contributed by atoms with van der Waals surface area (Å²) in [5.74, 6) is -2.16. The number of carboxylic acids is 1. The zero-order valence-electron chi connectivity index (χ0n) is 24.8. The first kappa shape index (κ1) is 34.7. The van der Waals surface area contributed by atoms with E-state index in [-0.39, 0.29) is 31.2 Å². The lowest BCUT2D eigenvalue weighted by Crippen LogP contribution is -2.48. The van der Waals surface area contributed by atoms with Crippen LogP contribution in [0.3, 0.4) is 0 Å². The molecule has 1 amide bonds. The van der Waals surface area contributed by atoms with Crippen molar-refractivity contribution in [2.75, 3.05) is 12.0 Å². The normalized spacial score (nSPS) is 12.6. The molecule has 0 saturated heterocycles. The summed E-state index contributed by atoms with van der Waals surface area (Å²) in [5.41, 5.74) is 5.05. The summed E-state index contributed by atoms with van der Waals surface area (Å²) in [4.78, 5) is 27.7. The Balaban J connectivity index is 0.00000616. The standard InChI is InChI=1S/C33H42N2O5S.CH4/c1-23(2)35(33(4,5)21-25-13-8-7-9-14-25)22-26-16-17-28(29(20-26)27-15-11-10-12-24(27)3)31(36)34-30(32(37)38)18-19-41(6,39)40;/h7-17,20,23,30H,18-19,21-22H2,1-6H3,(H,34,36)(H,37,38);1H4/t30-;/m0./s1. The third kappa shape index (κ3) is 9.53. The van der Waals surface area contributed by atoms with Crippen LogP contribution in [0, 0.1) is 6.92 Å². The maximum atomic E-state index is 13.5. The molecule has 3 rings (SSSR count). The molecule has 0 fully saturated rings. The fraction of sp³-hybridized carbons (Fsp3) is 0.412. The summed E-state index contributed by atoms with van der Waals surface area (Å²) < 4.78 is 23.3. The number of carboxylic acid groups (broad SMARTS) is 1. The van der Waals surface area contributed by atoms with E-state index in [1.807, 2.05) is 49.4 Å². The summed E-state index contributed by atoms with van der Waals surface area (Å²) in [6.45, 7) is 11.5. The van der Waals surface area contributed by atoms with Gasteiger partial charge in [0, 0.05) is 29.9 Å². The third-order valence-corrected chi connectivity index (χ3v) is 8.36. The second kappa shape index (κ2) is 14.6. The number of nitrogens with zero attached hydrogens (tertiary/aromatic N) is 1. The number of benzene rings is 3. The lowest BCUT2D eigenvalue weighted by atomic mass is 9.90. The summed E-state index contributed by atoms with van der Waals surface area (Å²) in [5, 5.41) is 12.2. The molecule has 0 bridgehead atoms. The van der Waals surface area contributed by atoms with Crippen molar-refractivity contribution < 1.29 is 23.1 Å². The van der Waals surface area contributed by atoms with Crippen LogP contribution in [-0.2, 0) is 27.6 Å². The number of carbonyl (C=O) groups is 2. The minimum absolute atomic E-state index is 0. The Morgan fingerprint density at radius 3 is 2.12 bits per heavy atom. The van der Waals surface area contributed by atoms with Crippen molar-refractivity contribution in [3.05, 3.63) is 95.1 Å². The quantitative estimate of drug-likeness (QED) is 0.246. The fourth-order valence-corrected chi connectivity index (χ4v) is 5.96. The highest BCUT2D eigenvalue weighted by Gasteiger charge is 2.30. The summed E-state index contributed by atoms with van der Waals surface area (Å²) in [6.07, 6.45) is 1.71. The lowest BCUT2D eigenvalue weighted by molar-refractivity contribution is -0.139. The number of hydrogen-bond acceptors (Lipinski definition) is 5. The summed E-state index contributed by atoms with van der Waals surface area (Å²) in [7, 11) is -3.39. The molecule has 3 aromatic rings. The van der Waals surface area contributed by atoms with Crippen molar-refractivity contribution in [2.45, 2.75) is 79.1 Å². The molecule has 0 aromatic heterocycles. The summed E-state index contributed by atoms with van der Waals surface area (Å²) >= 11 is 0. The van der Waals surface area contributed by atoms with Crippen LogP contribution in [0.4, 0.5) is 0 Å². The first-order valence-electron chi connectivity index (χ1n) is 13.9. The van der Waals surface area contributed by atoms with Crippen molar-refractivity contribution in [1.29, 1.82) is 0 Å². The minimum atomic E-state index is -3.39. The first-order chi connectivity index (χ1) is 19.2. The van der Waals surface area contributed by atoms with Gasteiger partial charge in [-0.25, -0.2) is 13.2 Å². The van der Waals surface area contributed by atoms with Crippen LogP contribution in [0.2, 0.25) is 0 Å². The first-order valence-corrected chi connectivity index (χ1v) is 15.9. The van der Waals surface area contributed by atoms with Gasteiger partial charge in [-0.2, -0.15) is 0 Å². The number of carbonyl (C=O) groups excluding carboxylic acids is 1. The van der Waals surface area contributed by atoms with Crippen molar-refractivity contribution >= 4 is 21.7 Å². The predicted octanol–water partition coefficient (Wildman–Crippen LogP) is 6.15. The zero-order chi connectivity index (χ0) is 30.4. The maximum Gasteiger partial charge on any atom is 0.326 e. The molecule has 0 saturated carbocycles. The Kier molecular flexibility index (Phi) is 12.1. The van der Waals surface area contributed by atoms with Gasteiger partial charge in [0.05, 0.1) is 5.75 Å². The Hall–Kier alpha value is -3.49. The van der Waals surface area contributed by atoms with E-state index in [1.54, 1.807) is 6.07 Å². The molecule has 2 N–H and O–H groups in total. The van der Waals surface area contributed by atoms with E-state index < -0.39 is 27.8 Å². The van der Waals surface area contributed by atoms with Gasteiger partial charge in [-0.3, -0.25) is 9.69 Å². The number of nitrogens with one attached hydrogen (secondary N) is 1. The van der Waals surface area contributed by atoms with E-state index in [0.717, 1.165) is 29.4 Å². The molecule has 42 heavy (non-hydrogen) atoms. The number of amides is 1. The van der Waals surface area contributed by atoms with Crippen LogP contribution in [0.15, 0.2) is 72.8 Å². The summed E-state index contributed by atoms with van der Waals surface area (Å²) in [6, 6.07) is 22.8. The zero-order valence-corrected chi connectivity index (χ0v) is 25.7. The predicted molar refractivity (Wildman–Crippen MR) is 171 cm³/mol. The Morgan fingerprint density at radius 2 is 1.55 bits per heavy atom. The van der Waals surface area contributed by atoms with Gasteiger partial charge in [0.2, 0.25) is 0 Å². The Morgan fingerprint density at radius 1 is 0.929 bits per heavy atom. The topological polar surface area (TPSA) is 104 Å². The van der Waals surface area contributed by atoms with E-state index in [9.17, 15) is 23.1 Å². The molecule has 0 aliphatic carbocycles. The highest BCUT2D eigenvalue weighted by atomic mass is 32.2. The van der Waals surface area contributed by atoms with Crippen molar-refractivity contribution in [1.82, 2.24) is 10.2 Å². The second-order valence-electron chi connectivity index (χ2n) is 11.7. The molecule has 1 atom stereocenters. The lowest BCUT2D eigenvalue weighted by Gasteiger charge is -2.42. The van der Waals surface area contributed by atoms with Crippen LogP contribution in [0.1, 0.15) is 68.6 Å². The molecular weight excluding hydrogens is 548 g/mol. The van der Waals surface area contributed by atoms with Crippen LogP contribution in [0.25, 0.3) is 11.1 Å². The van der Waals surface area contributed by atoms with Gasteiger partial charge in [-0.1, -0.05) is 68.1 Å². The van der Waals surface area contributed by atoms with Gasteiger partial charge in [0.15, 0.2) is 0 Å². The largest absolute Gasteiger partial charge is 0.480 e. The van der Waals surface area contributed by atoms with Gasteiger partial charge in [-0.05, 0) is 87.4 Å². The SMILES string of the molecule is C.Cc1ccccc1-c1cc(CN(C(C)C)C(C)(C)Cc2ccccc2)ccc1C(=O)N[C@@H](CCS(C)(=O)=O)C(=O)O. The van der Waals surface area contributed by atoms with Crippen LogP contribution < -0.4 is 5.32 Å². The molecule has 0 unspecified atom stereocenters. The fourth-order valence-electron chi connectivity index (χ4n) is 5.30. The molecule has 0 radical (unpaired) electrons. The molecule has 228 valence electrons. The number of aliphatic carboxylic acids is 1. The van der Waals surface area contributed by atoms with E-state index >= 15 is 0 Å². The van der Waals surface area contributed by atoms with Gasteiger partial charge in [-0.15, -0.1) is 0 Å². The third-order valence-electron chi connectivity index (χ3n) is 7.38. The van der Waals surface area contributed by atoms with Crippen molar-refractivity contribution in [3.8, 4) is 11.1 Å². The van der Waals surface area contributed by atoms with Gasteiger partial charge >= 0.3 is 5.97 Å². The second-order valence-corrected chi connectivity index (χ2v) is 13.9. The molecule has 0 heterocycles. The van der Waals surface area contributed by atoms with E-state index in [4.69, 9.17) is 0 Å². The molecule has 7 nitrogen and oxygen atoms in total. The van der Waals surface area contributed by atoms with E-state index in [1.165, 1.54) is 5.56 Å². The van der Waals surface area contributed by atoms with Crippen LogP contribution in [-0.4, -0.2) is 59.9 Å². The van der Waals surface area contributed by atoms with Crippen LogP contribution in [0.5, 0.6) is 0 Å². The molecule has 0 aliphatic heterocycles. The average molecular weight is 595 g/mol. The Labute approximate surface area is 251 Å². The van der Waals surface area contributed by atoms with Crippen molar-refractivity contribution in [2.24, 2.45) is 0 Å². The van der Waals surface area contributed by atoms with Gasteiger partial charge < -0.3 is 10.4 Å². The maximum absolute atomic E-state index is 13.5. The average Bonchev–Trinajstić information content (AvgIpc) is 2.89. The number of hydrogen-bond donors (Lipinski definition) is 2. The van der Waals surface area contributed by atoms with E-state index in [0.29, 0.717) is 17.7 Å². The molecular formula is C34H46N2O5S. The van der Waals surface area contributed by atoms with Crippen molar-refractivity contribution in [3.63, 3.8) is 0 Å². The number of rotatable bonds is 13. The minimum Gasteiger partial charge on any atom is -0.480 e. The number of aryl methyl sites for hydroxylation is 1. The van der Waals surface area contributed by atoms with Gasteiger partial charge in [0.25, 0.3) is 5.91 Å². The molecule has 3 aromatic carbocycles. The smallest absolute Gasteiger partial charge is 0.326 e. The molecule has 8 heteroatoms. The van der Waals surface area contributed by atoms with E-state index in [2.05, 4.69) is 62.2 Å². The van der Waals surface area contributed by atoms with Gasteiger partial charge in [0.1, 0.15) is 15.9 Å².